The van der Waals surface area contributed by atoms with Crippen molar-refractivity contribution in [2.75, 3.05) is 0 Å². The Morgan fingerprint density at radius 3 is 1.89 bits per heavy atom. The molecule has 0 heterocycles. The Balaban J connectivity index is 2.62. The maximum Gasteiger partial charge on any atom is 0.263 e. The Labute approximate surface area is 109 Å². The fourth-order valence-electron chi connectivity index (χ4n) is 2.20. The molecule has 1 aromatic rings. The number of nitrogens with one attached hydrogen (secondary N) is 1. The summed E-state index contributed by atoms with van der Waals surface area (Å²) in [4.78, 5) is 0. The normalized spacial score (nSPS) is 12.1. The van der Waals surface area contributed by atoms with E-state index in [1.54, 1.807) is 12.1 Å². The van der Waals surface area contributed by atoms with Gasteiger partial charge in [-0.1, -0.05) is 45.0 Å². The van der Waals surface area contributed by atoms with Gasteiger partial charge in [-0.05, 0) is 24.8 Å². The van der Waals surface area contributed by atoms with E-state index in [9.17, 15) is 8.78 Å². The van der Waals surface area contributed by atoms with Crippen LogP contribution in [0.4, 0.5) is 8.78 Å². The molecular formula is C15H23F2N. The van der Waals surface area contributed by atoms with Crippen LogP contribution in [0.15, 0.2) is 24.3 Å². The van der Waals surface area contributed by atoms with Crippen LogP contribution in [0.5, 0.6) is 0 Å². The van der Waals surface area contributed by atoms with Gasteiger partial charge in [0, 0.05) is 17.6 Å². The van der Waals surface area contributed by atoms with Crippen LogP contribution in [0.3, 0.4) is 0 Å². The Bertz CT molecular complexity index is 334. The molecule has 0 spiro atoms. The molecule has 3 heteroatoms. The first-order chi connectivity index (χ1) is 8.56. The molecule has 0 saturated heterocycles. The number of alkyl halides is 2. The summed E-state index contributed by atoms with van der Waals surface area (Å²) in [6.07, 6.45) is 0.854. The topological polar surface area (TPSA) is 12.0 Å². The van der Waals surface area contributed by atoms with Crippen LogP contribution >= 0.6 is 0 Å². The summed E-state index contributed by atoms with van der Waals surface area (Å²) in [5.74, 6) is 0. The first-order valence-electron chi connectivity index (χ1n) is 6.69. The van der Waals surface area contributed by atoms with Crippen LogP contribution in [-0.2, 0) is 6.54 Å². The lowest BCUT2D eigenvalue weighted by Gasteiger charge is -2.32. The van der Waals surface area contributed by atoms with Crippen LogP contribution in [0.25, 0.3) is 0 Å². The van der Waals surface area contributed by atoms with Gasteiger partial charge >= 0.3 is 0 Å². The Hall–Kier alpha value is -0.960. The van der Waals surface area contributed by atoms with E-state index in [1.165, 1.54) is 12.1 Å². The quantitative estimate of drug-likeness (QED) is 0.745. The third-order valence-electron chi connectivity index (χ3n) is 3.93. The van der Waals surface area contributed by atoms with Crippen molar-refractivity contribution in [1.29, 1.82) is 0 Å². The average Bonchev–Trinajstić information content (AvgIpc) is 2.41. The lowest BCUT2D eigenvalue weighted by Crippen LogP contribution is -2.43. The highest BCUT2D eigenvalue weighted by atomic mass is 19.3. The van der Waals surface area contributed by atoms with E-state index in [1.807, 2.05) is 0 Å². The van der Waals surface area contributed by atoms with Crippen molar-refractivity contribution in [2.24, 2.45) is 0 Å². The molecule has 1 nitrogen and oxygen atoms in total. The molecule has 0 radical (unpaired) electrons. The SMILES string of the molecule is CCC(CC)(CC)NCc1ccc(C(F)F)cc1. The molecule has 0 amide bonds. The minimum atomic E-state index is -2.38. The van der Waals surface area contributed by atoms with E-state index >= 15 is 0 Å². The molecule has 0 bridgehead atoms. The highest BCUT2D eigenvalue weighted by Crippen LogP contribution is 2.21. The summed E-state index contributed by atoms with van der Waals surface area (Å²) in [5, 5.41) is 3.56. The third-order valence-corrected chi connectivity index (χ3v) is 3.93. The lowest BCUT2D eigenvalue weighted by molar-refractivity contribution is 0.151. The molecule has 0 aliphatic heterocycles. The molecule has 1 rings (SSSR count). The van der Waals surface area contributed by atoms with Gasteiger partial charge in [-0.15, -0.1) is 0 Å². The van der Waals surface area contributed by atoms with Crippen LogP contribution in [0, 0.1) is 0 Å². The molecule has 0 saturated carbocycles. The molecule has 102 valence electrons. The van der Waals surface area contributed by atoms with E-state index in [4.69, 9.17) is 0 Å². The van der Waals surface area contributed by atoms with Gasteiger partial charge in [-0.25, -0.2) is 8.78 Å². The zero-order valence-electron chi connectivity index (χ0n) is 11.5. The van der Waals surface area contributed by atoms with E-state index in [0.717, 1.165) is 31.4 Å². The smallest absolute Gasteiger partial charge is 0.263 e. The first kappa shape index (κ1) is 15.1. The minimum Gasteiger partial charge on any atom is -0.307 e. The molecule has 1 N–H and O–H groups in total. The number of halogens is 2. The molecule has 0 aliphatic carbocycles. The van der Waals surface area contributed by atoms with Gasteiger partial charge < -0.3 is 5.32 Å². The Kier molecular flexibility index (Phi) is 5.73. The number of rotatable bonds is 7. The van der Waals surface area contributed by atoms with Crippen molar-refractivity contribution >= 4 is 0 Å². The molecule has 18 heavy (non-hydrogen) atoms. The molecule has 0 aliphatic rings. The second-order valence-electron chi connectivity index (χ2n) is 4.74. The third kappa shape index (κ3) is 3.77. The fourth-order valence-corrected chi connectivity index (χ4v) is 2.20. The summed E-state index contributed by atoms with van der Waals surface area (Å²) >= 11 is 0. The van der Waals surface area contributed by atoms with E-state index in [2.05, 4.69) is 26.1 Å². The lowest BCUT2D eigenvalue weighted by atomic mass is 9.89. The summed E-state index contributed by atoms with van der Waals surface area (Å²) in [5.41, 5.74) is 1.31. The standard InChI is InChI=1S/C15H23F2N/c1-4-15(5-2,6-3)18-11-12-7-9-13(10-8-12)14(16)17/h7-10,14,18H,4-6,11H2,1-3H3. The van der Waals surface area contributed by atoms with Gasteiger partial charge in [0.15, 0.2) is 0 Å². The van der Waals surface area contributed by atoms with Crippen LogP contribution < -0.4 is 5.32 Å². The predicted octanol–water partition coefficient (Wildman–Crippen LogP) is 4.68. The number of benzene rings is 1. The Morgan fingerprint density at radius 1 is 1.00 bits per heavy atom. The molecule has 0 unspecified atom stereocenters. The van der Waals surface area contributed by atoms with E-state index in [-0.39, 0.29) is 11.1 Å². The van der Waals surface area contributed by atoms with Crippen LogP contribution in [0.1, 0.15) is 57.6 Å². The highest BCUT2D eigenvalue weighted by molar-refractivity contribution is 5.23. The number of hydrogen-bond donors (Lipinski definition) is 1. The van der Waals surface area contributed by atoms with Crippen LogP contribution in [0.2, 0.25) is 0 Å². The molecule has 0 fully saturated rings. The van der Waals surface area contributed by atoms with Crippen molar-refractivity contribution in [2.45, 2.75) is 58.5 Å². The second kappa shape index (κ2) is 6.83. The maximum absolute atomic E-state index is 12.4. The van der Waals surface area contributed by atoms with Crippen molar-refractivity contribution in [3.63, 3.8) is 0 Å². The van der Waals surface area contributed by atoms with Gasteiger partial charge in [0.05, 0.1) is 0 Å². The zero-order chi connectivity index (χ0) is 13.6. The summed E-state index contributed by atoms with van der Waals surface area (Å²) in [6.45, 7) is 7.28. The molecule has 1 aromatic carbocycles. The van der Waals surface area contributed by atoms with Crippen molar-refractivity contribution in [3.8, 4) is 0 Å². The van der Waals surface area contributed by atoms with E-state index < -0.39 is 6.43 Å². The second-order valence-corrected chi connectivity index (χ2v) is 4.74. The summed E-state index contributed by atoms with van der Waals surface area (Å²) < 4.78 is 24.8. The minimum absolute atomic E-state index is 0.0893. The molecule has 0 aromatic heterocycles. The first-order valence-corrected chi connectivity index (χ1v) is 6.69. The maximum atomic E-state index is 12.4. The van der Waals surface area contributed by atoms with Gasteiger partial charge in [-0.2, -0.15) is 0 Å². The number of hydrogen-bond acceptors (Lipinski definition) is 1. The van der Waals surface area contributed by atoms with Gasteiger partial charge in [0.1, 0.15) is 0 Å². The predicted molar refractivity (Wildman–Crippen MR) is 71.8 cm³/mol. The summed E-state index contributed by atoms with van der Waals surface area (Å²) in [6, 6.07) is 6.57. The molecule has 0 atom stereocenters. The van der Waals surface area contributed by atoms with Gasteiger partial charge in [0.25, 0.3) is 6.43 Å². The fraction of sp³-hybridized carbons (Fsp3) is 0.600. The van der Waals surface area contributed by atoms with Gasteiger partial charge in [0.2, 0.25) is 0 Å². The monoisotopic (exact) mass is 255 g/mol. The highest BCUT2D eigenvalue weighted by Gasteiger charge is 2.22. The van der Waals surface area contributed by atoms with E-state index in [0.29, 0.717) is 0 Å². The largest absolute Gasteiger partial charge is 0.307 e. The van der Waals surface area contributed by atoms with Gasteiger partial charge in [-0.3, -0.25) is 0 Å². The Morgan fingerprint density at radius 2 is 1.50 bits per heavy atom. The zero-order valence-corrected chi connectivity index (χ0v) is 11.5. The molecular weight excluding hydrogens is 232 g/mol. The van der Waals surface area contributed by atoms with Crippen LogP contribution in [-0.4, -0.2) is 5.54 Å². The van der Waals surface area contributed by atoms with Crippen molar-refractivity contribution < 1.29 is 8.78 Å². The average molecular weight is 255 g/mol. The van der Waals surface area contributed by atoms with Crippen molar-refractivity contribution in [1.82, 2.24) is 5.32 Å². The summed E-state index contributed by atoms with van der Waals surface area (Å²) in [7, 11) is 0. The van der Waals surface area contributed by atoms with Crippen molar-refractivity contribution in [3.05, 3.63) is 35.4 Å².